The largest absolute Gasteiger partial charge is 0.328 e. The zero-order valence-electron chi connectivity index (χ0n) is 19.1. The summed E-state index contributed by atoms with van der Waals surface area (Å²) in [6.45, 7) is 4.43. The van der Waals surface area contributed by atoms with Crippen LogP contribution in [0.4, 0.5) is 0 Å². The highest BCUT2D eigenvalue weighted by atomic mass is 16.2. The molecule has 0 bridgehead atoms. The summed E-state index contributed by atoms with van der Waals surface area (Å²) in [5.41, 5.74) is 3.59. The number of aromatic amines is 1. The average Bonchev–Trinajstić information content (AvgIpc) is 2.84. The van der Waals surface area contributed by atoms with Gasteiger partial charge in [0.05, 0.1) is 11.7 Å². The lowest BCUT2D eigenvalue weighted by atomic mass is 9.92. The zero-order valence-corrected chi connectivity index (χ0v) is 19.1. The smallest absolute Gasteiger partial charge is 0.254 e. The van der Waals surface area contributed by atoms with E-state index in [1.807, 2.05) is 36.1 Å². The Hall–Kier alpha value is -2.47. The van der Waals surface area contributed by atoms with Gasteiger partial charge in [-0.1, -0.05) is 37.0 Å². The molecular formula is C26H34N4O2. The fourth-order valence-electron chi connectivity index (χ4n) is 5.72. The van der Waals surface area contributed by atoms with Crippen molar-refractivity contribution in [2.24, 2.45) is 0 Å². The van der Waals surface area contributed by atoms with E-state index in [0.29, 0.717) is 24.0 Å². The van der Waals surface area contributed by atoms with Crippen molar-refractivity contribution >= 4 is 5.91 Å². The second-order valence-corrected chi connectivity index (χ2v) is 9.76. The van der Waals surface area contributed by atoms with Crippen LogP contribution in [0.25, 0.3) is 0 Å². The van der Waals surface area contributed by atoms with Gasteiger partial charge < -0.3 is 9.88 Å². The molecule has 1 aromatic heterocycles. The van der Waals surface area contributed by atoms with Crippen molar-refractivity contribution in [1.82, 2.24) is 19.8 Å². The number of piperidine rings is 1. The first-order chi connectivity index (χ1) is 15.6. The van der Waals surface area contributed by atoms with Crippen LogP contribution in [0.15, 0.2) is 29.1 Å². The number of hydrogen-bond donors (Lipinski definition) is 1. The van der Waals surface area contributed by atoms with Crippen LogP contribution in [0, 0.1) is 6.92 Å². The second kappa shape index (κ2) is 9.18. The fourth-order valence-corrected chi connectivity index (χ4v) is 5.72. The van der Waals surface area contributed by atoms with Gasteiger partial charge in [-0.25, -0.2) is 4.98 Å². The molecule has 0 radical (unpaired) electrons. The molecule has 32 heavy (non-hydrogen) atoms. The molecule has 3 aliphatic rings. The number of carbonyl (C=O) groups is 1. The summed E-state index contributed by atoms with van der Waals surface area (Å²) < 4.78 is 0. The molecule has 6 heteroatoms. The Morgan fingerprint density at radius 3 is 2.53 bits per heavy atom. The van der Waals surface area contributed by atoms with Gasteiger partial charge >= 0.3 is 0 Å². The molecule has 6 nitrogen and oxygen atoms in total. The molecule has 1 amide bonds. The van der Waals surface area contributed by atoms with Crippen LogP contribution in [0.3, 0.4) is 0 Å². The number of fused-ring (bicyclic) bond motifs is 1. The molecule has 1 saturated heterocycles. The number of hydrogen-bond acceptors (Lipinski definition) is 4. The maximum atomic E-state index is 13.3. The zero-order chi connectivity index (χ0) is 22.1. The molecule has 2 fully saturated rings. The summed E-state index contributed by atoms with van der Waals surface area (Å²) in [4.78, 5) is 38.8. The SMILES string of the molecule is Cc1ccc(C(=O)N2CCCCC2c2nc3c(c(=O)[nH]2)CCN(C2CCCCC2)C3)cc1. The number of H-pyrrole nitrogens is 1. The minimum absolute atomic E-state index is 0.0124. The Morgan fingerprint density at radius 1 is 1.00 bits per heavy atom. The minimum Gasteiger partial charge on any atom is -0.328 e. The van der Waals surface area contributed by atoms with Crippen molar-refractivity contribution in [3.05, 3.63) is 62.8 Å². The van der Waals surface area contributed by atoms with Gasteiger partial charge in [-0.15, -0.1) is 0 Å². The lowest BCUT2D eigenvalue weighted by molar-refractivity contribution is 0.0598. The van der Waals surface area contributed by atoms with Crippen molar-refractivity contribution in [2.45, 2.75) is 83.3 Å². The summed E-state index contributed by atoms with van der Waals surface area (Å²) in [6.07, 6.45) is 10.1. The Kier molecular flexibility index (Phi) is 6.13. The first-order valence-corrected chi connectivity index (χ1v) is 12.3. The summed E-state index contributed by atoms with van der Waals surface area (Å²) >= 11 is 0. The van der Waals surface area contributed by atoms with E-state index in [9.17, 15) is 9.59 Å². The molecule has 1 aromatic carbocycles. The van der Waals surface area contributed by atoms with Crippen LogP contribution in [0.2, 0.25) is 0 Å². The van der Waals surface area contributed by atoms with Crippen LogP contribution in [0.5, 0.6) is 0 Å². The van der Waals surface area contributed by atoms with Gasteiger partial charge in [0.2, 0.25) is 0 Å². The molecule has 1 unspecified atom stereocenters. The van der Waals surface area contributed by atoms with E-state index in [1.54, 1.807) is 0 Å². The first-order valence-electron chi connectivity index (χ1n) is 12.3. The summed E-state index contributed by atoms with van der Waals surface area (Å²) in [6, 6.07) is 8.20. The monoisotopic (exact) mass is 434 g/mol. The van der Waals surface area contributed by atoms with E-state index >= 15 is 0 Å². The van der Waals surface area contributed by atoms with E-state index in [2.05, 4.69) is 9.88 Å². The van der Waals surface area contributed by atoms with Crippen LogP contribution in [-0.2, 0) is 13.0 Å². The van der Waals surface area contributed by atoms with E-state index in [1.165, 1.54) is 32.1 Å². The number of nitrogens with zero attached hydrogens (tertiary/aromatic N) is 3. The number of benzene rings is 1. The van der Waals surface area contributed by atoms with Crippen LogP contribution in [-0.4, -0.2) is 44.8 Å². The van der Waals surface area contributed by atoms with Gasteiger partial charge in [0.15, 0.2) is 0 Å². The van der Waals surface area contributed by atoms with Gasteiger partial charge in [-0.3, -0.25) is 14.5 Å². The van der Waals surface area contributed by atoms with E-state index < -0.39 is 0 Å². The fraction of sp³-hybridized carbons (Fsp3) is 0.577. The molecule has 170 valence electrons. The van der Waals surface area contributed by atoms with Crippen LogP contribution < -0.4 is 5.56 Å². The van der Waals surface area contributed by atoms with E-state index in [4.69, 9.17) is 4.98 Å². The minimum atomic E-state index is -0.166. The topological polar surface area (TPSA) is 69.3 Å². The standard InChI is InChI=1S/C26H34N4O2/c1-18-10-12-19(13-11-18)26(32)30-15-6-5-9-23(30)24-27-22-17-29(20-7-3-2-4-8-20)16-14-21(22)25(31)28-24/h10-13,20,23H,2-9,14-17H2,1H3,(H,27,28,31). The summed E-state index contributed by atoms with van der Waals surface area (Å²) in [7, 11) is 0. The Labute approximate surface area is 190 Å². The molecule has 1 N–H and O–H groups in total. The predicted octanol–water partition coefficient (Wildman–Crippen LogP) is 4.14. The maximum Gasteiger partial charge on any atom is 0.254 e. The highest BCUT2D eigenvalue weighted by Gasteiger charge is 2.33. The molecule has 1 saturated carbocycles. The van der Waals surface area contributed by atoms with Gasteiger partial charge in [-0.2, -0.15) is 0 Å². The maximum absolute atomic E-state index is 13.3. The number of likely N-dealkylation sites (tertiary alicyclic amines) is 1. The summed E-state index contributed by atoms with van der Waals surface area (Å²) in [5, 5.41) is 0. The number of carbonyl (C=O) groups excluding carboxylic acids is 1. The normalized spacial score (nSPS) is 22.5. The van der Waals surface area contributed by atoms with Crippen molar-refractivity contribution in [3.8, 4) is 0 Å². The van der Waals surface area contributed by atoms with Crippen LogP contribution in [0.1, 0.15) is 90.4 Å². The second-order valence-electron chi connectivity index (χ2n) is 9.76. The molecule has 0 spiro atoms. The Bertz CT molecular complexity index is 1020. The Balaban J connectivity index is 1.42. The van der Waals surface area contributed by atoms with E-state index in [-0.39, 0.29) is 17.5 Å². The number of rotatable bonds is 3. The molecule has 1 aliphatic carbocycles. The molecular weight excluding hydrogens is 400 g/mol. The number of aryl methyl sites for hydroxylation is 1. The third-order valence-electron chi connectivity index (χ3n) is 7.59. The van der Waals surface area contributed by atoms with Crippen molar-refractivity contribution in [2.75, 3.05) is 13.1 Å². The third-order valence-corrected chi connectivity index (χ3v) is 7.59. The van der Waals surface area contributed by atoms with Gasteiger partial charge in [0.1, 0.15) is 5.82 Å². The van der Waals surface area contributed by atoms with Crippen molar-refractivity contribution in [1.29, 1.82) is 0 Å². The highest BCUT2D eigenvalue weighted by Crippen LogP contribution is 2.31. The Morgan fingerprint density at radius 2 is 1.75 bits per heavy atom. The first kappa shape index (κ1) is 21.4. The lowest BCUT2D eigenvalue weighted by Crippen LogP contribution is -2.44. The van der Waals surface area contributed by atoms with Crippen LogP contribution >= 0.6 is 0 Å². The van der Waals surface area contributed by atoms with Gasteiger partial charge in [0, 0.05) is 36.8 Å². The molecule has 3 heterocycles. The number of aromatic nitrogens is 2. The van der Waals surface area contributed by atoms with Gasteiger partial charge in [-0.05, 0) is 57.6 Å². The van der Waals surface area contributed by atoms with Crippen molar-refractivity contribution in [3.63, 3.8) is 0 Å². The van der Waals surface area contributed by atoms with Crippen molar-refractivity contribution < 1.29 is 4.79 Å². The quantitative estimate of drug-likeness (QED) is 0.788. The average molecular weight is 435 g/mol. The molecule has 5 rings (SSSR count). The van der Waals surface area contributed by atoms with Gasteiger partial charge in [0.25, 0.3) is 11.5 Å². The predicted molar refractivity (Wildman–Crippen MR) is 125 cm³/mol. The third kappa shape index (κ3) is 4.25. The number of nitrogens with one attached hydrogen (secondary N) is 1. The number of amides is 1. The van der Waals surface area contributed by atoms with E-state index in [0.717, 1.165) is 55.6 Å². The molecule has 2 aliphatic heterocycles. The lowest BCUT2D eigenvalue weighted by Gasteiger charge is -2.38. The highest BCUT2D eigenvalue weighted by molar-refractivity contribution is 5.94. The molecule has 2 aromatic rings. The molecule has 1 atom stereocenters. The summed E-state index contributed by atoms with van der Waals surface area (Å²) in [5.74, 6) is 0.693.